The first-order chi connectivity index (χ1) is 38.2. The Kier molecular flexibility index (Phi) is 11.6. The third-order valence-electron chi connectivity index (χ3n) is 19.8. The van der Waals surface area contributed by atoms with Crippen molar-refractivity contribution in [2.24, 2.45) is 0 Å². The van der Waals surface area contributed by atoms with Crippen LogP contribution < -0.4 is 9.80 Å². The SMILES string of the molecule is Cc1c(C)c(C)c2c(c1C)C(=O)C(c1ccc3c(Cc4ccc(N5C(=O)c6c(C)c(C)c(C)c(C)c6C5=O)c5nc(C6C(=O)c7c(C)c(C)c(C)c(C)c7C6=O)ccc45)ccc(N4C(=O)c5c(C)c(C)c(C)c(C)c5C4=O)c3n1)C2=O. The number of carbonyl (C=O) groups is 8. The van der Waals surface area contributed by atoms with Crippen LogP contribution in [0, 0.1) is 111 Å². The van der Waals surface area contributed by atoms with E-state index in [9.17, 15) is 38.4 Å². The summed E-state index contributed by atoms with van der Waals surface area (Å²) in [7, 11) is 0. The second-order valence-electron chi connectivity index (χ2n) is 23.1. The molecule has 12 rings (SSSR count). The van der Waals surface area contributed by atoms with Crippen LogP contribution in [0.15, 0.2) is 48.5 Å². The number of imide groups is 2. The van der Waals surface area contributed by atoms with Crippen molar-refractivity contribution in [3.63, 3.8) is 0 Å². The highest BCUT2D eigenvalue weighted by atomic mass is 16.2. The first-order valence-corrected chi connectivity index (χ1v) is 27.5. The number of fused-ring (bicyclic) bond motifs is 6. The van der Waals surface area contributed by atoms with E-state index in [1.165, 1.54) is 0 Å². The summed E-state index contributed by atoms with van der Waals surface area (Å²) in [5.41, 5.74) is 18.4. The number of amides is 4. The number of carbonyl (C=O) groups excluding carboxylic acids is 8. The minimum absolute atomic E-state index is 0.167. The number of ketones is 4. The molecule has 0 saturated carbocycles. The fraction of sp³-hybridized carbons (Fsp3) is 0.275. The minimum Gasteiger partial charge on any atom is -0.293 e. The third-order valence-corrected chi connectivity index (χ3v) is 19.8. The summed E-state index contributed by atoms with van der Waals surface area (Å²) >= 11 is 0. The summed E-state index contributed by atoms with van der Waals surface area (Å²) < 4.78 is 0. The molecule has 6 aromatic carbocycles. The number of rotatable bonds is 6. The Hall–Kier alpha value is -8.90. The second-order valence-corrected chi connectivity index (χ2v) is 23.1. The molecule has 4 heterocycles. The Labute approximate surface area is 469 Å². The Morgan fingerprint density at radius 2 is 0.531 bits per heavy atom. The molecule has 2 aromatic heterocycles. The summed E-state index contributed by atoms with van der Waals surface area (Å²) in [6, 6.07) is 13.9. The lowest BCUT2D eigenvalue weighted by atomic mass is 9.90. The smallest absolute Gasteiger partial charge is 0.266 e. The number of nitrogens with zero attached hydrogens (tertiary/aromatic N) is 4. The Bertz CT molecular complexity index is 4040. The lowest BCUT2D eigenvalue weighted by molar-refractivity contribution is 0.0871. The van der Waals surface area contributed by atoms with Gasteiger partial charge in [-0.15, -0.1) is 0 Å². The highest BCUT2D eigenvalue weighted by Gasteiger charge is 2.47. The predicted molar refractivity (Wildman–Crippen MR) is 313 cm³/mol. The molecule has 0 unspecified atom stereocenters. The number of anilines is 2. The zero-order valence-corrected chi connectivity index (χ0v) is 48.5. The van der Waals surface area contributed by atoms with Crippen LogP contribution in [0.3, 0.4) is 0 Å². The highest BCUT2D eigenvalue weighted by Crippen LogP contribution is 2.46. The van der Waals surface area contributed by atoms with Crippen molar-refractivity contribution < 1.29 is 38.4 Å². The molecule has 0 saturated heterocycles. The van der Waals surface area contributed by atoms with Crippen molar-refractivity contribution in [3.05, 3.63) is 205 Å². The number of benzene rings is 6. The van der Waals surface area contributed by atoms with E-state index < -0.39 is 35.5 Å². The number of Topliss-reactive ketones (excluding diaryl/α,β-unsaturated/α-hetero) is 4. The normalized spacial score (nSPS) is 15.3. The molecule has 404 valence electrons. The van der Waals surface area contributed by atoms with E-state index in [-0.39, 0.29) is 63.3 Å². The number of pyridine rings is 2. The van der Waals surface area contributed by atoms with Crippen molar-refractivity contribution in [1.82, 2.24) is 9.97 Å². The molecular weight excluding hydrogens is 1010 g/mol. The van der Waals surface area contributed by atoms with E-state index in [2.05, 4.69) is 0 Å². The van der Waals surface area contributed by atoms with Crippen molar-refractivity contribution in [3.8, 4) is 0 Å². The van der Waals surface area contributed by atoms with Gasteiger partial charge in [0.05, 0.1) is 56.0 Å². The van der Waals surface area contributed by atoms with Gasteiger partial charge in [-0.1, -0.05) is 24.3 Å². The van der Waals surface area contributed by atoms with Gasteiger partial charge in [0.2, 0.25) is 0 Å². The monoisotopic (exact) mass is 1070 g/mol. The van der Waals surface area contributed by atoms with Gasteiger partial charge in [0, 0.05) is 33.0 Å². The molecule has 2 aliphatic heterocycles. The molecule has 8 aromatic rings. The van der Waals surface area contributed by atoms with Crippen LogP contribution in [0.2, 0.25) is 0 Å². The number of hydrogen-bond donors (Lipinski definition) is 0. The van der Waals surface area contributed by atoms with Gasteiger partial charge in [0.25, 0.3) is 23.6 Å². The van der Waals surface area contributed by atoms with E-state index in [1.807, 2.05) is 123 Å². The van der Waals surface area contributed by atoms with Crippen molar-refractivity contribution >= 4 is 79.9 Å². The lowest BCUT2D eigenvalue weighted by Crippen LogP contribution is -2.30. The maximum absolute atomic E-state index is 14.8. The molecule has 0 fully saturated rings. The molecule has 0 bridgehead atoms. The van der Waals surface area contributed by atoms with Gasteiger partial charge in [-0.3, -0.25) is 38.4 Å². The molecule has 0 N–H and O–H groups in total. The standard InChI is InChI=1S/C69H60N4O8/c1-26-27(2)35(10)51-50(34(26)9)62(74)58(63(51)75)46-21-19-44-42(17-23-48(60(44)70-46)72-66(78)54-38(13)30(5)31(6)39(14)55(54)67(72)79)25-43-18-24-49(73-68(80)56-40(15)32(7)33(8)41(16)57(56)69(73)81)61-45(43)20-22-47(71-61)59-64(76)52-36(11)28(3)29(4)37(12)53(52)65(59)77/h17-24,58-59H,25H2,1-16H3. The van der Waals surface area contributed by atoms with E-state index in [1.54, 1.807) is 36.4 Å². The average molecular weight is 1070 g/mol. The Morgan fingerprint density at radius 1 is 0.296 bits per heavy atom. The van der Waals surface area contributed by atoms with Crippen molar-refractivity contribution in [1.29, 1.82) is 0 Å². The molecule has 0 spiro atoms. The second kappa shape index (κ2) is 17.8. The third kappa shape index (κ3) is 6.82. The summed E-state index contributed by atoms with van der Waals surface area (Å²) in [5.74, 6) is -6.06. The zero-order chi connectivity index (χ0) is 58.3. The minimum atomic E-state index is -1.27. The topological polar surface area (TPSA) is 169 Å². The van der Waals surface area contributed by atoms with Crippen LogP contribution in [0.5, 0.6) is 0 Å². The van der Waals surface area contributed by atoms with E-state index in [0.29, 0.717) is 88.7 Å². The predicted octanol–water partition coefficient (Wildman–Crippen LogP) is 13.2. The summed E-state index contributed by atoms with van der Waals surface area (Å²) in [6.07, 6.45) is 0.167. The van der Waals surface area contributed by atoms with Crippen LogP contribution in [0.1, 0.15) is 206 Å². The van der Waals surface area contributed by atoms with E-state index in [4.69, 9.17) is 9.97 Å². The lowest BCUT2D eigenvalue weighted by Gasteiger charge is -2.21. The largest absolute Gasteiger partial charge is 0.293 e. The Morgan fingerprint density at radius 3 is 0.778 bits per heavy atom. The highest BCUT2D eigenvalue weighted by molar-refractivity contribution is 6.38. The zero-order valence-electron chi connectivity index (χ0n) is 48.5. The van der Waals surface area contributed by atoms with Gasteiger partial charge in [-0.25, -0.2) is 19.8 Å². The number of hydrogen-bond acceptors (Lipinski definition) is 10. The number of aromatic nitrogens is 2. The van der Waals surface area contributed by atoms with E-state index >= 15 is 0 Å². The van der Waals surface area contributed by atoms with Gasteiger partial charge in [-0.05, 0) is 242 Å². The molecule has 12 heteroatoms. The fourth-order valence-corrected chi connectivity index (χ4v) is 13.7. The van der Waals surface area contributed by atoms with Crippen LogP contribution >= 0.6 is 0 Å². The molecule has 4 amide bonds. The van der Waals surface area contributed by atoms with Crippen LogP contribution in [-0.4, -0.2) is 56.7 Å². The average Bonchev–Trinajstić information content (AvgIpc) is 2.85. The first kappa shape index (κ1) is 52.8. The maximum Gasteiger partial charge on any atom is 0.266 e. The molecule has 4 aliphatic rings. The molecule has 2 aliphatic carbocycles. The van der Waals surface area contributed by atoms with Gasteiger partial charge in [0.15, 0.2) is 23.1 Å². The molecular formula is C69H60N4O8. The maximum atomic E-state index is 14.8. The van der Waals surface area contributed by atoms with Crippen LogP contribution in [-0.2, 0) is 6.42 Å². The van der Waals surface area contributed by atoms with E-state index in [0.717, 1.165) is 76.6 Å². The summed E-state index contributed by atoms with van der Waals surface area (Å²) in [6.45, 7) is 30.3. The van der Waals surface area contributed by atoms with Gasteiger partial charge in [-0.2, -0.15) is 0 Å². The van der Waals surface area contributed by atoms with Crippen molar-refractivity contribution in [2.75, 3.05) is 9.80 Å². The van der Waals surface area contributed by atoms with Gasteiger partial charge >= 0.3 is 0 Å². The molecule has 0 atom stereocenters. The summed E-state index contributed by atoms with van der Waals surface area (Å²) in [5, 5.41) is 1.05. The summed E-state index contributed by atoms with van der Waals surface area (Å²) in [4.78, 5) is 130. The van der Waals surface area contributed by atoms with Gasteiger partial charge in [0.1, 0.15) is 11.8 Å². The fourth-order valence-electron chi connectivity index (χ4n) is 13.7. The Balaban J connectivity index is 1.05. The molecule has 12 nitrogen and oxygen atoms in total. The van der Waals surface area contributed by atoms with Gasteiger partial charge < -0.3 is 0 Å². The van der Waals surface area contributed by atoms with Crippen molar-refractivity contribution in [2.45, 2.75) is 129 Å². The molecule has 81 heavy (non-hydrogen) atoms. The van der Waals surface area contributed by atoms with Crippen LogP contribution in [0.25, 0.3) is 21.8 Å². The van der Waals surface area contributed by atoms with Crippen LogP contribution in [0.4, 0.5) is 11.4 Å². The quantitative estimate of drug-likeness (QED) is 0.115. The first-order valence-electron chi connectivity index (χ1n) is 27.5. The molecule has 0 radical (unpaired) electrons.